The van der Waals surface area contributed by atoms with E-state index >= 15 is 0 Å². The normalized spacial score (nSPS) is 17.3. The van der Waals surface area contributed by atoms with Crippen LogP contribution in [0, 0.1) is 5.92 Å². The maximum Gasteiger partial charge on any atom is 0.254 e. The second-order valence-corrected chi connectivity index (χ2v) is 6.74. The van der Waals surface area contributed by atoms with Gasteiger partial charge in [-0.25, -0.2) is 4.98 Å². The molecule has 1 unspecified atom stereocenters. The topological polar surface area (TPSA) is 45.2 Å². The number of pyridine rings is 1. The van der Waals surface area contributed by atoms with Crippen molar-refractivity contribution in [1.29, 1.82) is 0 Å². The highest BCUT2D eigenvalue weighted by Crippen LogP contribution is 2.36. The number of carbonyl (C=O) groups excluding carboxylic acids is 1. The van der Waals surface area contributed by atoms with Gasteiger partial charge < -0.3 is 10.2 Å². The SMILES string of the molecule is CC(C)CNc1ncccc1C1CCCN1C(=O)c1ccccc1. The Bertz CT molecular complexity index is 684. The summed E-state index contributed by atoms with van der Waals surface area (Å²) in [6.45, 7) is 6.03. The number of nitrogens with one attached hydrogen (secondary N) is 1. The Kier molecular flexibility index (Phi) is 5.14. The van der Waals surface area contributed by atoms with E-state index in [9.17, 15) is 4.79 Å². The average Bonchev–Trinajstić information content (AvgIpc) is 3.09. The molecule has 4 nitrogen and oxygen atoms in total. The Morgan fingerprint density at radius 3 is 2.79 bits per heavy atom. The molecule has 24 heavy (non-hydrogen) atoms. The molecule has 3 rings (SSSR count). The lowest BCUT2D eigenvalue weighted by Crippen LogP contribution is -2.31. The first-order valence-electron chi connectivity index (χ1n) is 8.71. The molecule has 1 amide bonds. The molecular formula is C20H25N3O. The molecule has 1 aromatic heterocycles. The fraction of sp³-hybridized carbons (Fsp3) is 0.400. The third-order valence-corrected chi connectivity index (χ3v) is 4.41. The summed E-state index contributed by atoms with van der Waals surface area (Å²) in [6, 6.07) is 13.7. The Hall–Kier alpha value is -2.36. The summed E-state index contributed by atoms with van der Waals surface area (Å²) in [7, 11) is 0. The van der Waals surface area contributed by atoms with Crippen LogP contribution in [-0.2, 0) is 0 Å². The minimum Gasteiger partial charge on any atom is -0.370 e. The molecular weight excluding hydrogens is 298 g/mol. The predicted octanol–water partition coefficient (Wildman–Crippen LogP) is 4.13. The number of hydrogen-bond acceptors (Lipinski definition) is 3. The van der Waals surface area contributed by atoms with Crippen LogP contribution in [0.2, 0.25) is 0 Å². The molecule has 1 fully saturated rings. The lowest BCUT2D eigenvalue weighted by atomic mass is 10.0. The molecule has 1 aliphatic heterocycles. The molecule has 1 aromatic carbocycles. The second kappa shape index (κ2) is 7.47. The summed E-state index contributed by atoms with van der Waals surface area (Å²) in [5.74, 6) is 1.56. The fourth-order valence-electron chi connectivity index (χ4n) is 3.21. The first-order valence-corrected chi connectivity index (χ1v) is 8.71. The standard InChI is InChI=1S/C20H25N3O/c1-15(2)14-22-19-17(10-6-12-21-19)18-11-7-13-23(18)20(24)16-8-4-3-5-9-16/h3-6,8-10,12,15,18H,7,11,13-14H2,1-2H3,(H,21,22). The number of amides is 1. The van der Waals surface area contributed by atoms with Gasteiger partial charge in [0.1, 0.15) is 5.82 Å². The predicted molar refractivity (Wildman–Crippen MR) is 97.0 cm³/mol. The Morgan fingerprint density at radius 1 is 1.25 bits per heavy atom. The summed E-state index contributed by atoms with van der Waals surface area (Å²) in [5, 5.41) is 3.44. The van der Waals surface area contributed by atoms with Crippen LogP contribution in [0.4, 0.5) is 5.82 Å². The Balaban J connectivity index is 1.84. The molecule has 2 heterocycles. The molecule has 0 spiro atoms. The van der Waals surface area contributed by atoms with E-state index in [1.54, 1.807) is 0 Å². The van der Waals surface area contributed by atoms with Gasteiger partial charge in [-0.2, -0.15) is 0 Å². The highest BCUT2D eigenvalue weighted by atomic mass is 16.2. The first-order chi connectivity index (χ1) is 11.7. The molecule has 1 N–H and O–H groups in total. The maximum atomic E-state index is 12.9. The zero-order chi connectivity index (χ0) is 16.9. The summed E-state index contributed by atoms with van der Waals surface area (Å²) < 4.78 is 0. The van der Waals surface area contributed by atoms with Crippen LogP contribution in [-0.4, -0.2) is 28.9 Å². The van der Waals surface area contributed by atoms with Gasteiger partial charge in [0.05, 0.1) is 6.04 Å². The number of rotatable bonds is 5. The molecule has 1 aliphatic rings. The second-order valence-electron chi connectivity index (χ2n) is 6.74. The highest BCUT2D eigenvalue weighted by molar-refractivity contribution is 5.94. The van der Waals surface area contributed by atoms with E-state index in [4.69, 9.17) is 0 Å². The van der Waals surface area contributed by atoms with Crippen molar-refractivity contribution in [2.24, 2.45) is 5.92 Å². The molecule has 126 valence electrons. The van der Waals surface area contributed by atoms with Gasteiger partial charge in [0.15, 0.2) is 0 Å². The van der Waals surface area contributed by atoms with Gasteiger partial charge >= 0.3 is 0 Å². The summed E-state index contributed by atoms with van der Waals surface area (Å²) in [5.41, 5.74) is 1.88. The lowest BCUT2D eigenvalue weighted by molar-refractivity contribution is 0.0736. The zero-order valence-electron chi connectivity index (χ0n) is 14.4. The lowest BCUT2D eigenvalue weighted by Gasteiger charge is -2.27. The van der Waals surface area contributed by atoms with E-state index < -0.39 is 0 Å². The molecule has 2 aromatic rings. The van der Waals surface area contributed by atoms with Crippen LogP contribution in [0.3, 0.4) is 0 Å². The summed E-state index contributed by atoms with van der Waals surface area (Å²) in [6.07, 6.45) is 3.83. The van der Waals surface area contributed by atoms with Crippen LogP contribution in [0.1, 0.15) is 48.7 Å². The third-order valence-electron chi connectivity index (χ3n) is 4.41. The number of likely N-dealkylation sites (tertiary alicyclic amines) is 1. The van der Waals surface area contributed by atoms with Crippen LogP contribution < -0.4 is 5.32 Å². The summed E-state index contributed by atoms with van der Waals surface area (Å²) >= 11 is 0. The Morgan fingerprint density at radius 2 is 2.04 bits per heavy atom. The largest absolute Gasteiger partial charge is 0.370 e. The van der Waals surface area contributed by atoms with Crippen molar-refractivity contribution in [3.05, 3.63) is 59.8 Å². The van der Waals surface area contributed by atoms with Crippen molar-refractivity contribution < 1.29 is 4.79 Å². The van der Waals surface area contributed by atoms with Crippen molar-refractivity contribution in [1.82, 2.24) is 9.88 Å². The highest BCUT2D eigenvalue weighted by Gasteiger charge is 2.32. The maximum absolute atomic E-state index is 12.9. The Labute approximate surface area is 143 Å². The average molecular weight is 323 g/mol. The minimum absolute atomic E-state index is 0.0982. The summed E-state index contributed by atoms with van der Waals surface area (Å²) in [4.78, 5) is 19.4. The van der Waals surface area contributed by atoms with Gasteiger partial charge in [0.2, 0.25) is 0 Å². The van der Waals surface area contributed by atoms with Crippen molar-refractivity contribution in [2.45, 2.75) is 32.7 Å². The van der Waals surface area contributed by atoms with Crippen molar-refractivity contribution in [3.8, 4) is 0 Å². The van der Waals surface area contributed by atoms with Gasteiger partial charge in [-0.15, -0.1) is 0 Å². The first kappa shape index (κ1) is 16.5. The third kappa shape index (κ3) is 3.58. The smallest absolute Gasteiger partial charge is 0.254 e. The molecule has 4 heteroatoms. The van der Waals surface area contributed by atoms with Gasteiger partial charge in [-0.05, 0) is 37.0 Å². The molecule has 1 saturated heterocycles. The van der Waals surface area contributed by atoms with Crippen molar-refractivity contribution in [2.75, 3.05) is 18.4 Å². The molecule has 0 bridgehead atoms. The number of benzene rings is 1. The zero-order valence-corrected chi connectivity index (χ0v) is 14.4. The number of anilines is 1. The van der Waals surface area contributed by atoms with Crippen LogP contribution in [0.25, 0.3) is 0 Å². The molecule has 0 saturated carbocycles. The van der Waals surface area contributed by atoms with E-state index in [0.717, 1.165) is 42.9 Å². The van der Waals surface area contributed by atoms with Gasteiger partial charge in [0, 0.05) is 30.4 Å². The number of hydrogen-bond donors (Lipinski definition) is 1. The van der Waals surface area contributed by atoms with Gasteiger partial charge in [0.25, 0.3) is 5.91 Å². The minimum atomic E-state index is 0.0982. The van der Waals surface area contributed by atoms with Gasteiger partial charge in [-0.3, -0.25) is 4.79 Å². The monoisotopic (exact) mass is 323 g/mol. The molecule has 0 aliphatic carbocycles. The van der Waals surface area contributed by atoms with E-state index in [1.807, 2.05) is 47.5 Å². The van der Waals surface area contributed by atoms with Crippen LogP contribution in [0.15, 0.2) is 48.7 Å². The quantitative estimate of drug-likeness (QED) is 0.900. The number of carbonyl (C=O) groups is 1. The number of nitrogens with zero attached hydrogens (tertiary/aromatic N) is 2. The number of aromatic nitrogens is 1. The fourth-order valence-corrected chi connectivity index (χ4v) is 3.21. The van der Waals surface area contributed by atoms with E-state index in [-0.39, 0.29) is 11.9 Å². The van der Waals surface area contributed by atoms with Crippen molar-refractivity contribution >= 4 is 11.7 Å². The molecule has 1 atom stereocenters. The van der Waals surface area contributed by atoms with E-state index in [1.165, 1.54) is 0 Å². The van der Waals surface area contributed by atoms with E-state index in [2.05, 4.69) is 30.2 Å². The van der Waals surface area contributed by atoms with Crippen LogP contribution in [0.5, 0.6) is 0 Å². The van der Waals surface area contributed by atoms with Crippen molar-refractivity contribution in [3.63, 3.8) is 0 Å². The van der Waals surface area contributed by atoms with E-state index in [0.29, 0.717) is 5.92 Å². The van der Waals surface area contributed by atoms with Crippen LogP contribution >= 0.6 is 0 Å². The molecule has 0 radical (unpaired) electrons. The van der Waals surface area contributed by atoms with Gasteiger partial charge in [-0.1, -0.05) is 38.1 Å².